The lowest BCUT2D eigenvalue weighted by Gasteiger charge is -2.22. The van der Waals surface area contributed by atoms with Gasteiger partial charge in [-0.05, 0) is 108 Å². The normalized spacial score (nSPS) is 13.6. The number of benzene rings is 5. The van der Waals surface area contributed by atoms with Crippen molar-refractivity contribution in [3.63, 3.8) is 0 Å². The number of carboxylic acid groups (broad SMARTS) is 1. The highest BCUT2D eigenvalue weighted by Crippen LogP contribution is 2.38. The molecule has 16 nitrogen and oxygen atoms in total. The Morgan fingerprint density at radius 2 is 1.17 bits per heavy atom. The molecule has 2 atom stereocenters. The topological polar surface area (TPSA) is 228 Å². The average molecular weight is 918 g/mol. The van der Waals surface area contributed by atoms with Gasteiger partial charge in [-0.3, -0.25) is 9.52 Å². The number of ether oxygens (including phenoxy) is 6. The van der Waals surface area contributed by atoms with Crippen molar-refractivity contribution in [1.82, 2.24) is 4.72 Å². The first-order valence-corrected chi connectivity index (χ1v) is 23.8. The number of rotatable bonds is 17. The van der Waals surface area contributed by atoms with E-state index in [1.165, 1.54) is 18.2 Å². The van der Waals surface area contributed by atoms with Gasteiger partial charge < -0.3 is 39.3 Å². The monoisotopic (exact) mass is 917 g/mol. The maximum Gasteiger partial charge on any atom is 0.349 e. The first-order valence-electron chi connectivity index (χ1n) is 20.5. The maximum absolute atomic E-state index is 13.6. The van der Waals surface area contributed by atoms with Crippen LogP contribution >= 0.6 is 0 Å². The van der Waals surface area contributed by atoms with E-state index in [1.54, 1.807) is 72.8 Å². The van der Waals surface area contributed by atoms with Gasteiger partial charge in [0, 0.05) is 22.5 Å². The fraction of sp³-hybridized carbons (Fsp3) is 0.304. The van der Waals surface area contributed by atoms with Gasteiger partial charge in [-0.1, -0.05) is 64.8 Å². The van der Waals surface area contributed by atoms with Crippen molar-refractivity contribution in [2.45, 2.75) is 76.4 Å². The number of nitrogens with one attached hydrogen (secondary N) is 2. The minimum atomic E-state index is -4.22. The molecule has 64 heavy (non-hydrogen) atoms. The molecule has 18 heteroatoms. The van der Waals surface area contributed by atoms with E-state index in [-0.39, 0.29) is 24.4 Å². The standard InChI is InChI=1S/C28H32N2O8S2.C18H19NO5/c1-5-6-20-15-22(29-39(4,32)33)10-14-24(20)38-27(21-9-13-25-26(16-21)37-17-36-25)28(31)30-40(34,35)23-11-7-19(8-12-23)18(2)3;1-2-3-11-8-13(19)5-7-14(11)24-17(18(20)21)12-4-6-15-16(9-12)23-10-22-15/h7-16,18,27,29H,5-6,17H2,1-4H3,(H,30,31);4-9,17H,2-3,10,19H2,1H3,(H,20,21). The molecule has 340 valence electrons. The number of carbonyl (C=O) groups excluding carboxylic acids is 1. The van der Waals surface area contributed by atoms with Crippen LogP contribution < -0.4 is 43.6 Å². The van der Waals surface area contributed by atoms with Gasteiger partial charge >= 0.3 is 5.97 Å². The third kappa shape index (κ3) is 11.9. The molecule has 7 rings (SSSR count). The number of anilines is 2. The number of sulfonamides is 2. The molecule has 5 aromatic carbocycles. The number of carboxylic acids is 1. The van der Waals surface area contributed by atoms with E-state index >= 15 is 0 Å². The average Bonchev–Trinajstić information content (AvgIpc) is 3.92. The Bertz CT molecular complexity index is 2710. The second kappa shape index (κ2) is 20.2. The van der Waals surface area contributed by atoms with Crippen molar-refractivity contribution >= 4 is 43.3 Å². The van der Waals surface area contributed by atoms with Crippen molar-refractivity contribution in [2.75, 3.05) is 30.3 Å². The summed E-state index contributed by atoms with van der Waals surface area (Å²) in [6, 6.07) is 26.0. The first-order chi connectivity index (χ1) is 30.4. The molecule has 1 amide bonds. The molecule has 2 aliphatic heterocycles. The molecule has 2 heterocycles. The Morgan fingerprint density at radius 1 is 0.672 bits per heavy atom. The molecule has 0 spiro atoms. The highest BCUT2D eigenvalue weighted by molar-refractivity contribution is 7.92. The summed E-state index contributed by atoms with van der Waals surface area (Å²) in [5.74, 6) is 1.06. The van der Waals surface area contributed by atoms with E-state index in [2.05, 4.69) is 9.44 Å². The molecule has 2 unspecified atom stereocenters. The van der Waals surface area contributed by atoms with Crippen molar-refractivity contribution in [2.24, 2.45) is 0 Å². The zero-order valence-corrected chi connectivity index (χ0v) is 37.6. The van der Waals surface area contributed by atoms with E-state index < -0.39 is 44.1 Å². The molecule has 0 fully saturated rings. The van der Waals surface area contributed by atoms with Gasteiger partial charge in [0.1, 0.15) is 11.5 Å². The molecule has 0 saturated heterocycles. The number of fused-ring (bicyclic) bond motifs is 2. The zero-order chi connectivity index (χ0) is 46.2. The summed E-state index contributed by atoms with van der Waals surface area (Å²) in [4.78, 5) is 25.2. The van der Waals surface area contributed by atoms with Crippen LogP contribution in [0.2, 0.25) is 0 Å². The molecule has 0 aromatic heterocycles. The van der Waals surface area contributed by atoms with Crippen LogP contribution in [-0.2, 0) is 42.5 Å². The van der Waals surface area contributed by atoms with Gasteiger partial charge in [0.15, 0.2) is 23.0 Å². The SMILES string of the molecule is CCCc1cc(N)ccc1OC(C(=O)O)c1ccc2c(c1)OCO2.CCCc1cc(NS(C)(=O)=O)ccc1OC(C(=O)NS(=O)(=O)c1ccc(C(C)C)cc1)c1ccc2c(c1)OCO2. The Kier molecular flexibility index (Phi) is 14.8. The second-order valence-electron chi connectivity index (χ2n) is 15.3. The van der Waals surface area contributed by atoms with Crippen molar-refractivity contribution in [1.29, 1.82) is 0 Å². The number of hydrogen-bond acceptors (Lipinski definition) is 13. The van der Waals surface area contributed by atoms with Gasteiger partial charge in [-0.15, -0.1) is 0 Å². The minimum Gasteiger partial charge on any atom is -0.478 e. The Labute approximate surface area is 372 Å². The lowest BCUT2D eigenvalue weighted by Crippen LogP contribution is -2.37. The van der Waals surface area contributed by atoms with Crippen molar-refractivity contribution in [3.05, 3.63) is 125 Å². The van der Waals surface area contributed by atoms with E-state index in [0.717, 1.165) is 30.2 Å². The number of hydrogen-bond donors (Lipinski definition) is 4. The van der Waals surface area contributed by atoms with Crippen LogP contribution in [0.15, 0.2) is 102 Å². The largest absolute Gasteiger partial charge is 0.478 e. The number of aliphatic carboxylic acids is 1. The number of nitrogen functional groups attached to an aromatic ring is 1. The minimum absolute atomic E-state index is 0.0205. The highest BCUT2D eigenvalue weighted by Gasteiger charge is 2.31. The third-order valence-electron chi connectivity index (χ3n) is 9.93. The molecule has 0 aliphatic carbocycles. The van der Waals surface area contributed by atoms with Crippen LogP contribution in [0, 0.1) is 0 Å². The summed E-state index contributed by atoms with van der Waals surface area (Å²) in [6.45, 7) is 8.13. The van der Waals surface area contributed by atoms with Crippen LogP contribution in [0.4, 0.5) is 11.4 Å². The van der Waals surface area contributed by atoms with E-state index in [9.17, 15) is 31.5 Å². The molecule has 5 N–H and O–H groups in total. The van der Waals surface area contributed by atoms with Crippen molar-refractivity contribution in [3.8, 4) is 34.5 Å². The van der Waals surface area contributed by atoms with E-state index in [4.69, 9.17) is 34.2 Å². The van der Waals surface area contributed by atoms with Crippen molar-refractivity contribution < 1.29 is 60.0 Å². The number of amides is 1. The van der Waals surface area contributed by atoms with Crippen LogP contribution in [0.25, 0.3) is 0 Å². The van der Waals surface area contributed by atoms with Gasteiger partial charge in [0.2, 0.25) is 35.8 Å². The summed E-state index contributed by atoms with van der Waals surface area (Å²) < 4.78 is 87.7. The fourth-order valence-corrected chi connectivity index (χ4v) is 8.37. The van der Waals surface area contributed by atoms with Crippen LogP contribution in [0.5, 0.6) is 34.5 Å². The summed E-state index contributed by atoms with van der Waals surface area (Å²) in [6.07, 6.45) is 1.41. The molecule has 0 radical (unpaired) electrons. The molecular weight excluding hydrogens is 867 g/mol. The van der Waals surface area contributed by atoms with Crippen LogP contribution in [0.3, 0.4) is 0 Å². The molecular formula is C46H51N3O13S2. The second-order valence-corrected chi connectivity index (χ2v) is 18.7. The lowest BCUT2D eigenvalue weighted by molar-refractivity contribution is -0.145. The third-order valence-corrected chi connectivity index (χ3v) is 11.9. The predicted molar refractivity (Wildman–Crippen MR) is 239 cm³/mol. The number of aryl methyl sites for hydroxylation is 2. The lowest BCUT2D eigenvalue weighted by atomic mass is 10.0. The quantitative estimate of drug-likeness (QED) is 0.0658. The summed E-state index contributed by atoms with van der Waals surface area (Å²) in [7, 11) is -7.73. The summed E-state index contributed by atoms with van der Waals surface area (Å²) >= 11 is 0. The Balaban J connectivity index is 0.000000241. The van der Waals surface area contributed by atoms with E-state index in [0.29, 0.717) is 75.4 Å². The van der Waals surface area contributed by atoms with Gasteiger partial charge in [0.25, 0.3) is 15.9 Å². The van der Waals surface area contributed by atoms with Crippen LogP contribution in [0.1, 0.15) is 86.5 Å². The van der Waals surface area contributed by atoms with E-state index in [1.807, 2.05) is 33.8 Å². The number of carbonyl (C=O) groups is 2. The molecule has 5 aromatic rings. The highest BCUT2D eigenvalue weighted by atomic mass is 32.2. The molecule has 2 aliphatic rings. The van der Waals surface area contributed by atoms with Crippen LogP contribution in [-0.4, -0.2) is 53.7 Å². The predicted octanol–water partition coefficient (Wildman–Crippen LogP) is 7.64. The first kappa shape index (κ1) is 46.8. The van der Waals surface area contributed by atoms with Gasteiger partial charge in [-0.2, -0.15) is 0 Å². The molecule has 0 bridgehead atoms. The maximum atomic E-state index is 13.6. The fourth-order valence-electron chi connectivity index (χ4n) is 6.83. The summed E-state index contributed by atoms with van der Waals surface area (Å²) in [5.41, 5.74) is 10.1. The molecule has 0 saturated carbocycles. The Hall–Kier alpha value is -6.66. The van der Waals surface area contributed by atoms with Gasteiger partial charge in [0.05, 0.1) is 11.2 Å². The smallest absolute Gasteiger partial charge is 0.349 e. The Morgan fingerprint density at radius 3 is 1.70 bits per heavy atom. The number of nitrogens with two attached hydrogens (primary N) is 1. The summed E-state index contributed by atoms with van der Waals surface area (Å²) in [5, 5.41) is 9.59. The van der Waals surface area contributed by atoms with Gasteiger partial charge in [-0.25, -0.2) is 26.4 Å². The zero-order valence-electron chi connectivity index (χ0n) is 36.0.